The quantitative estimate of drug-likeness (QED) is 0.531. The first-order chi connectivity index (χ1) is 11.6. The van der Waals surface area contributed by atoms with Crippen molar-refractivity contribution in [1.82, 2.24) is 0 Å². The van der Waals surface area contributed by atoms with Crippen molar-refractivity contribution in [3.63, 3.8) is 0 Å². The van der Waals surface area contributed by atoms with Crippen molar-refractivity contribution in [2.24, 2.45) is 10.2 Å². The van der Waals surface area contributed by atoms with Gasteiger partial charge in [0, 0.05) is 19.8 Å². The topological polar surface area (TPSA) is 28.0 Å². The first-order valence-electron chi connectivity index (χ1n) is 7.98. The summed E-state index contributed by atoms with van der Waals surface area (Å²) in [6, 6.07) is 24.7. The SMILES string of the molecule is Cc1ccc(N=Nc2ccc(-c3ccc(N(C)C)cc3)cc2)cc1. The summed E-state index contributed by atoms with van der Waals surface area (Å²) >= 11 is 0. The number of azo groups is 1. The second-order valence-electron chi connectivity index (χ2n) is 6.02. The van der Waals surface area contributed by atoms with Gasteiger partial charge >= 0.3 is 0 Å². The lowest BCUT2D eigenvalue weighted by Crippen LogP contribution is -2.07. The molecule has 0 atom stereocenters. The standard InChI is InChI=1S/C21H21N3/c1-16-4-10-19(11-5-16)22-23-20-12-6-17(7-13-20)18-8-14-21(15-9-18)24(2)3/h4-15H,1-3H3. The maximum absolute atomic E-state index is 4.30. The average Bonchev–Trinajstić information content (AvgIpc) is 2.62. The van der Waals surface area contributed by atoms with Crippen molar-refractivity contribution in [2.45, 2.75) is 6.92 Å². The molecule has 0 radical (unpaired) electrons. The zero-order valence-corrected chi connectivity index (χ0v) is 14.3. The van der Waals surface area contributed by atoms with E-state index in [1.54, 1.807) is 0 Å². The molecule has 120 valence electrons. The van der Waals surface area contributed by atoms with Crippen LogP contribution in [0.3, 0.4) is 0 Å². The highest BCUT2D eigenvalue weighted by Crippen LogP contribution is 2.25. The van der Waals surface area contributed by atoms with E-state index in [-0.39, 0.29) is 0 Å². The van der Waals surface area contributed by atoms with Crippen molar-refractivity contribution < 1.29 is 0 Å². The zero-order valence-electron chi connectivity index (χ0n) is 14.3. The molecule has 0 aliphatic carbocycles. The van der Waals surface area contributed by atoms with Gasteiger partial charge in [0.05, 0.1) is 11.4 Å². The zero-order chi connectivity index (χ0) is 16.9. The Labute approximate surface area is 143 Å². The van der Waals surface area contributed by atoms with Crippen molar-refractivity contribution in [3.05, 3.63) is 78.4 Å². The monoisotopic (exact) mass is 315 g/mol. The molecule has 0 amide bonds. The van der Waals surface area contributed by atoms with E-state index in [1.165, 1.54) is 22.4 Å². The van der Waals surface area contributed by atoms with Gasteiger partial charge < -0.3 is 4.90 Å². The first kappa shape index (κ1) is 15.9. The van der Waals surface area contributed by atoms with Crippen molar-refractivity contribution in [1.29, 1.82) is 0 Å². The molecule has 0 aliphatic rings. The highest BCUT2D eigenvalue weighted by molar-refractivity contribution is 5.67. The number of hydrogen-bond acceptors (Lipinski definition) is 3. The Hall–Kier alpha value is -2.94. The maximum Gasteiger partial charge on any atom is 0.0857 e. The molecule has 0 aliphatic heterocycles. The summed E-state index contributed by atoms with van der Waals surface area (Å²) in [5.74, 6) is 0. The third-order valence-corrected chi connectivity index (χ3v) is 3.90. The molecule has 0 unspecified atom stereocenters. The lowest BCUT2D eigenvalue weighted by molar-refractivity contribution is 1.13. The lowest BCUT2D eigenvalue weighted by Gasteiger charge is -2.12. The molecule has 0 spiro atoms. The van der Waals surface area contributed by atoms with Gasteiger partial charge in [-0.2, -0.15) is 10.2 Å². The van der Waals surface area contributed by atoms with Gasteiger partial charge in [0.15, 0.2) is 0 Å². The van der Waals surface area contributed by atoms with Crippen LogP contribution in [0.15, 0.2) is 83.0 Å². The Bertz CT molecular complexity index is 814. The molecule has 0 aromatic heterocycles. The number of nitrogens with zero attached hydrogens (tertiary/aromatic N) is 3. The number of rotatable bonds is 4. The van der Waals surface area contributed by atoms with E-state index in [0.29, 0.717) is 0 Å². The van der Waals surface area contributed by atoms with Crippen LogP contribution >= 0.6 is 0 Å². The third-order valence-electron chi connectivity index (χ3n) is 3.90. The Balaban J connectivity index is 1.74. The van der Waals surface area contributed by atoms with Crippen molar-refractivity contribution in [2.75, 3.05) is 19.0 Å². The molecular weight excluding hydrogens is 294 g/mol. The minimum absolute atomic E-state index is 0.851. The Morgan fingerprint density at radius 3 is 1.46 bits per heavy atom. The third kappa shape index (κ3) is 3.87. The summed E-state index contributed by atoms with van der Waals surface area (Å²) < 4.78 is 0. The molecule has 0 heterocycles. The van der Waals surface area contributed by atoms with Gasteiger partial charge in [-0.3, -0.25) is 0 Å². The van der Waals surface area contributed by atoms with Crippen LogP contribution in [0.4, 0.5) is 17.1 Å². The first-order valence-corrected chi connectivity index (χ1v) is 7.98. The molecule has 3 rings (SSSR count). The van der Waals surface area contributed by atoms with Crippen molar-refractivity contribution in [3.8, 4) is 11.1 Å². The van der Waals surface area contributed by atoms with E-state index in [4.69, 9.17) is 0 Å². The smallest absolute Gasteiger partial charge is 0.0857 e. The van der Waals surface area contributed by atoms with Crippen LogP contribution in [-0.4, -0.2) is 14.1 Å². The van der Waals surface area contributed by atoms with Crippen LogP contribution in [0.2, 0.25) is 0 Å². The Morgan fingerprint density at radius 2 is 1.00 bits per heavy atom. The van der Waals surface area contributed by atoms with Crippen LogP contribution in [-0.2, 0) is 0 Å². The van der Waals surface area contributed by atoms with Crippen molar-refractivity contribution >= 4 is 17.1 Å². The fourth-order valence-corrected chi connectivity index (χ4v) is 2.40. The van der Waals surface area contributed by atoms with Gasteiger partial charge in [0.25, 0.3) is 0 Å². The van der Waals surface area contributed by atoms with Gasteiger partial charge in [0.2, 0.25) is 0 Å². The maximum atomic E-state index is 4.30. The predicted molar refractivity (Wildman–Crippen MR) is 102 cm³/mol. The second kappa shape index (κ2) is 7.09. The molecule has 3 nitrogen and oxygen atoms in total. The summed E-state index contributed by atoms with van der Waals surface area (Å²) in [6.45, 7) is 2.06. The van der Waals surface area contributed by atoms with Crippen LogP contribution in [0.25, 0.3) is 11.1 Å². The van der Waals surface area contributed by atoms with E-state index in [0.717, 1.165) is 11.4 Å². The average molecular weight is 315 g/mol. The van der Waals surface area contributed by atoms with Gasteiger partial charge in [-0.25, -0.2) is 0 Å². The molecule has 0 bridgehead atoms. The number of anilines is 1. The normalized spacial score (nSPS) is 11.0. The summed E-state index contributed by atoms with van der Waals surface area (Å²) in [5.41, 5.74) is 6.51. The minimum atomic E-state index is 0.851. The largest absolute Gasteiger partial charge is 0.378 e. The Kier molecular flexibility index (Phi) is 4.71. The molecule has 0 saturated carbocycles. The second-order valence-corrected chi connectivity index (χ2v) is 6.02. The van der Waals surface area contributed by atoms with Gasteiger partial charge in [0.1, 0.15) is 0 Å². The van der Waals surface area contributed by atoms with Crippen LogP contribution in [0.5, 0.6) is 0 Å². The van der Waals surface area contributed by atoms with Crippen LogP contribution in [0, 0.1) is 6.92 Å². The lowest BCUT2D eigenvalue weighted by atomic mass is 10.1. The summed E-state index contributed by atoms with van der Waals surface area (Å²) in [4.78, 5) is 2.10. The molecule has 0 fully saturated rings. The molecule has 0 N–H and O–H groups in total. The molecule has 3 aromatic carbocycles. The molecule has 3 aromatic rings. The minimum Gasteiger partial charge on any atom is -0.378 e. The number of aryl methyl sites for hydroxylation is 1. The summed E-state index contributed by atoms with van der Waals surface area (Å²) in [7, 11) is 4.09. The van der Waals surface area contributed by atoms with E-state index < -0.39 is 0 Å². The van der Waals surface area contributed by atoms with E-state index in [2.05, 4.69) is 58.5 Å². The highest BCUT2D eigenvalue weighted by atomic mass is 15.1. The predicted octanol–water partition coefficient (Wildman–Crippen LogP) is 6.14. The number of hydrogen-bond donors (Lipinski definition) is 0. The molecular formula is C21H21N3. The summed E-state index contributed by atoms with van der Waals surface area (Å²) in [5, 5.41) is 8.57. The van der Waals surface area contributed by atoms with E-state index in [1.807, 2.05) is 50.5 Å². The van der Waals surface area contributed by atoms with Gasteiger partial charge in [-0.05, 0) is 54.4 Å². The van der Waals surface area contributed by atoms with Crippen LogP contribution in [0.1, 0.15) is 5.56 Å². The molecule has 24 heavy (non-hydrogen) atoms. The van der Waals surface area contributed by atoms with Crippen LogP contribution < -0.4 is 4.90 Å². The van der Waals surface area contributed by atoms with Gasteiger partial charge in [-0.15, -0.1) is 0 Å². The fraction of sp³-hybridized carbons (Fsp3) is 0.143. The molecule has 0 saturated heterocycles. The highest BCUT2D eigenvalue weighted by Gasteiger charge is 2.00. The Morgan fingerprint density at radius 1 is 0.583 bits per heavy atom. The molecule has 3 heteroatoms. The van der Waals surface area contributed by atoms with Gasteiger partial charge in [-0.1, -0.05) is 42.0 Å². The number of benzene rings is 3. The fourth-order valence-electron chi connectivity index (χ4n) is 2.40. The van der Waals surface area contributed by atoms with E-state index in [9.17, 15) is 0 Å². The summed E-state index contributed by atoms with van der Waals surface area (Å²) in [6.07, 6.45) is 0. The van der Waals surface area contributed by atoms with E-state index >= 15 is 0 Å².